The average molecular weight is 294 g/mol. The van der Waals surface area contributed by atoms with E-state index in [4.69, 9.17) is 17.3 Å². The first kappa shape index (κ1) is 15.9. The molecule has 20 heavy (non-hydrogen) atoms. The first-order valence-corrected chi connectivity index (χ1v) is 8.46. The van der Waals surface area contributed by atoms with Gasteiger partial charge in [-0.2, -0.15) is 0 Å². The molecule has 1 aliphatic rings. The van der Waals surface area contributed by atoms with Gasteiger partial charge in [0.2, 0.25) is 0 Å². The van der Waals surface area contributed by atoms with Crippen LogP contribution in [0.5, 0.6) is 0 Å². The van der Waals surface area contributed by atoms with Crippen molar-refractivity contribution in [3.05, 3.63) is 34.3 Å². The Morgan fingerprint density at radius 2 is 2.05 bits per heavy atom. The van der Waals surface area contributed by atoms with Crippen LogP contribution in [0.4, 0.5) is 0 Å². The van der Waals surface area contributed by atoms with Crippen molar-refractivity contribution in [1.82, 2.24) is 0 Å². The smallest absolute Gasteiger partial charge is 0.0440 e. The molecule has 1 aliphatic carbocycles. The third kappa shape index (κ3) is 3.99. The molecule has 1 aromatic carbocycles. The molecule has 3 unspecified atom stereocenters. The molecule has 0 amide bonds. The number of hydrogen-bond donors (Lipinski definition) is 1. The number of rotatable bonds is 5. The van der Waals surface area contributed by atoms with Gasteiger partial charge in [0.25, 0.3) is 0 Å². The maximum absolute atomic E-state index is 6.41. The largest absolute Gasteiger partial charge is 0.330 e. The zero-order valence-corrected chi connectivity index (χ0v) is 13.6. The van der Waals surface area contributed by atoms with E-state index in [1.54, 1.807) is 0 Å². The maximum Gasteiger partial charge on any atom is 0.0440 e. The van der Waals surface area contributed by atoms with Gasteiger partial charge in [0.1, 0.15) is 0 Å². The molecule has 3 atom stereocenters. The van der Waals surface area contributed by atoms with Crippen molar-refractivity contribution in [1.29, 1.82) is 0 Å². The fourth-order valence-electron chi connectivity index (χ4n) is 3.76. The van der Waals surface area contributed by atoms with Crippen molar-refractivity contribution in [2.75, 3.05) is 6.54 Å². The molecule has 112 valence electrons. The third-order valence-corrected chi connectivity index (χ3v) is 5.29. The van der Waals surface area contributed by atoms with Gasteiger partial charge >= 0.3 is 0 Å². The topological polar surface area (TPSA) is 26.0 Å². The highest BCUT2D eigenvalue weighted by molar-refractivity contribution is 6.31. The molecule has 0 aliphatic heterocycles. The van der Waals surface area contributed by atoms with Crippen LogP contribution in [0, 0.1) is 24.7 Å². The van der Waals surface area contributed by atoms with Crippen LogP contribution in [-0.2, 0) is 6.42 Å². The molecule has 1 aromatic rings. The summed E-state index contributed by atoms with van der Waals surface area (Å²) in [5.74, 6) is 2.29. The standard InChI is InChI=1S/C18H28ClN/c1-3-4-14-6-8-16(12-20)17(10-14)11-15-7-5-13(2)9-18(15)19/h5,7,9,14,16-17H,3-4,6,8,10-12,20H2,1-2H3. The van der Waals surface area contributed by atoms with Crippen LogP contribution >= 0.6 is 11.6 Å². The summed E-state index contributed by atoms with van der Waals surface area (Å²) in [5.41, 5.74) is 8.54. The summed E-state index contributed by atoms with van der Waals surface area (Å²) in [5, 5.41) is 0.929. The summed E-state index contributed by atoms with van der Waals surface area (Å²) in [6, 6.07) is 6.46. The van der Waals surface area contributed by atoms with Gasteiger partial charge in [-0.3, -0.25) is 0 Å². The Balaban J connectivity index is 2.07. The number of aryl methyl sites for hydroxylation is 1. The molecule has 0 heterocycles. The number of hydrogen-bond acceptors (Lipinski definition) is 1. The fourth-order valence-corrected chi connectivity index (χ4v) is 4.07. The van der Waals surface area contributed by atoms with Gasteiger partial charge in [0.15, 0.2) is 0 Å². The highest BCUT2D eigenvalue weighted by atomic mass is 35.5. The van der Waals surface area contributed by atoms with E-state index in [9.17, 15) is 0 Å². The molecule has 0 aromatic heterocycles. The van der Waals surface area contributed by atoms with Crippen LogP contribution in [0.3, 0.4) is 0 Å². The van der Waals surface area contributed by atoms with E-state index in [1.165, 1.54) is 43.2 Å². The van der Waals surface area contributed by atoms with E-state index in [0.717, 1.165) is 23.9 Å². The normalized spacial score (nSPS) is 26.7. The summed E-state index contributed by atoms with van der Waals surface area (Å²) in [7, 11) is 0. The Hall–Kier alpha value is -0.530. The van der Waals surface area contributed by atoms with Gasteiger partial charge in [0.05, 0.1) is 0 Å². The minimum atomic E-state index is 0.681. The first-order valence-electron chi connectivity index (χ1n) is 8.09. The van der Waals surface area contributed by atoms with E-state index in [-0.39, 0.29) is 0 Å². The van der Waals surface area contributed by atoms with E-state index in [1.807, 2.05) is 0 Å². The second-order valence-electron chi connectivity index (χ2n) is 6.52. The number of benzene rings is 1. The zero-order chi connectivity index (χ0) is 14.5. The van der Waals surface area contributed by atoms with E-state index in [0.29, 0.717) is 11.8 Å². The lowest BCUT2D eigenvalue weighted by Crippen LogP contribution is -2.31. The molecule has 1 fully saturated rings. The predicted molar refractivity (Wildman–Crippen MR) is 88.2 cm³/mol. The average Bonchev–Trinajstić information content (AvgIpc) is 2.43. The van der Waals surface area contributed by atoms with Crippen LogP contribution in [0.25, 0.3) is 0 Å². The van der Waals surface area contributed by atoms with E-state index in [2.05, 4.69) is 32.0 Å². The van der Waals surface area contributed by atoms with Crippen molar-refractivity contribution < 1.29 is 0 Å². The predicted octanol–water partition coefficient (Wildman–Crippen LogP) is 4.98. The molecule has 1 saturated carbocycles. The van der Waals surface area contributed by atoms with E-state index >= 15 is 0 Å². The minimum Gasteiger partial charge on any atom is -0.330 e. The number of nitrogens with two attached hydrogens (primary N) is 1. The Kier molecular flexibility index (Phi) is 5.92. The summed E-state index contributed by atoms with van der Waals surface area (Å²) in [6.45, 7) is 5.21. The summed E-state index contributed by atoms with van der Waals surface area (Å²) < 4.78 is 0. The quantitative estimate of drug-likeness (QED) is 0.814. The molecule has 0 saturated heterocycles. The molecule has 0 bridgehead atoms. The number of halogens is 1. The van der Waals surface area contributed by atoms with Gasteiger partial charge in [0, 0.05) is 5.02 Å². The second kappa shape index (κ2) is 7.47. The van der Waals surface area contributed by atoms with Crippen LogP contribution in [-0.4, -0.2) is 6.54 Å². The maximum atomic E-state index is 6.41. The lowest BCUT2D eigenvalue weighted by atomic mass is 9.70. The second-order valence-corrected chi connectivity index (χ2v) is 6.93. The zero-order valence-electron chi connectivity index (χ0n) is 12.9. The van der Waals surface area contributed by atoms with Crippen molar-refractivity contribution in [2.45, 2.75) is 52.4 Å². The van der Waals surface area contributed by atoms with Crippen molar-refractivity contribution in [3.63, 3.8) is 0 Å². The highest BCUT2D eigenvalue weighted by Crippen LogP contribution is 2.38. The van der Waals surface area contributed by atoms with Crippen LogP contribution < -0.4 is 5.73 Å². The molecule has 2 heteroatoms. The van der Waals surface area contributed by atoms with Crippen LogP contribution in [0.2, 0.25) is 5.02 Å². The summed E-state index contributed by atoms with van der Waals surface area (Å²) in [4.78, 5) is 0. The monoisotopic (exact) mass is 293 g/mol. The molecular weight excluding hydrogens is 266 g/mol. The SMILES string of the molecule is CCCC1CCC(CN)C(Cc2ccc(C)cc2Cl)C1. The lowest BCUT2D eigenvalue weighted by molar-refractivity contribution is 0.176. The Morgan fingerprint density at radius 1 is 1.25 bits per heavy atom. The van der Waals surface area contributed by atoms with E-state index < -0.39 is 0 Å². The molecule has 1 nitrogen and oxygen atoms in total. The third-order valence-electron chi connectivity index (χ3n) is 4.94. The van der Waals surface area contributed by atoms with Gasteiger partial charge in [-0.05, 0) is 67.7 Å². The van der Waals surface area contributed by atoms with Crippen LogP contribution in [0.15, 0.2) is 18.2 Å². The van der Waals surface area contributed by atoms with Gasteiger partial charge in [-0.25, -0.2) is 0 Å². The Bertz CT molecular complexity index is 429. The lowest BCUT2D eigenvalue weighted by Gasteiger charge is -2.36. The molecule has 0 radical (unpaired) electrons. The Morgan fingerprint density at radius 3 is 2.70 bits per heavy atom. The van der Waals surface area contributed by atoms with Gasteiger partial charge < -0.3 is 5.73 Å². The summed E-state index contributed by atoms with van der Waals surface area (Å²) >= 11 is 6.41. The first-order chi connectivity index (χ1) is 9.63. The van der Waals surface area contributed by atoms with Gasteiger partial charge in [-0.15, -0.1) is 0 Å². The fraction of sp³-hybridized carbons (Fsp3) is 0.667. The molecule has 2 N–H and O–H groups in total. The van der Waals surface area contributed by atoms with Crippen molar-refractivity contribution in [2.24, 2.45) is 23.5 Å². The van der Waals surface area contributed by atoms with Crippen molar-refractivity contribution in [3.8, 4) is 0 Å². The van der Waals surface area contributed by atoms with Crippen molar-refractivity contribution >= 4 is 11.6 Å². The molecule has 0 spiro atoms. The molecule has 2 rings (SSSR count). The highest BCUT2D eigenvalue weighted by Gasteiger charge is 2.29. The van der Waals surface area contributed by atoms with Crippen LogP contribution in [0.1, 0.15) is 50.2 Å². The van der Waals surface area contributed by atoms with Gasteiger partial charge in [-0.1, -0.05) is 49.9 Å². The Labute approximate surface area is 128 Å². The molecular formula is C18H28ClN. The summed E-state index contributed by atoms with van der Waals surface area (Å²) in [6.07, 6.45) is 7.77. The minimum absolute atomic E-state index is 0.681.